The van der Waals surface area contributed by atoms with Crippen molar-refractivity contribution >= 4 is 11.5 Å². The van der Waals surface area contributed by atoms with E-state index in [0.717, 1.165) is 5.52 Å². The maximum atomic E-state index is 11.2. The van der Waals surface area contributed by atoms with Crippen LogP contribution in [-0.2, 0) is 4.74 Å². The Labute approximate surface area is 80.3 Å². The number of aromatic hydroxyl groups is 1. The Morgan fingerprint density at radius 2 is 2.29 bits per heavy atom. The Bertz CT molecular complexity index is 487. The molecule has 4 nitrogen and oxygen atoms in total. The SMILES string of the molecule is COC(=O)c1cc(O)n2cccc2c1. The summed E-state index contributed by atoms with van der Waals surface area (Å²) in [5.74, 6) is -0.433. The van der Waals surface area contributed by atoms with Crippen LogP contribution < -0.4 is 0 Å². The van der Waals surface area contributed by atoms with E-state index in [1.807, 2.05) is 0 Å². The molecule has 0 fully saturated rings. The van der Waals surface area contributed by atoms with Crippen LogP contribution in [0, 0.1) is 0 Å². The average Bonchev–Trinajstić information content (AvgIpc) is 2.64. The van der Waals surface area contributed by atoms with Crippen LogP contribution in [0.5, 0.6) is 5.88 Å². The number of fused-ring (bicyclic) bond motifs is 1. The Balaban J connectivity index is 2.64. The smallest absolute Gasteiger partial charge is 0.338 e. The van der Waals surface area contributed by atoms with Gasteiger partial charge in [0.15, 0.2) is 5.88 Å². The van der Waals surface area contributed by atoms with E-state index in [1.54, 1.807) is 28.8 Å². The molecule has 0 radical (unpaired) electrons. The van der Waals surface area contributed by atoms with Gasteiger partial charge in [-0.15, -0.1) is 0 Å². The van der Waals surface area contributed by atoms with Crippen molar-refractivity contribution in [3.63, 3.8) is 0 Å². The Kier molecular flexibility index (Phi) is 1.89. The maximum Gasteiger partial charge on any atom is 0.338 e. The molecule has 0 amide bonds. The first kappa shape index (κ1) is 8.62. The standard InChI is InChI=1S/C10H9NO3/c1-14-10(13)7-5-8-3-2-4-11(8)9(12)6-7/h2-6,12H,1H3. The van der Waals surface area contributed by atoms with Gasteiger partial charge >= 0.3 is 5.97 Å². The van der Waals surface area contributed by atoms with Gasteiger partial charge in [-0.05, 0) is 18.2 Å². The highest BCUT2D eigenvalue weighted by Gasteiger charge is 2.08. The summed E-state index contributed by atoms with van der Waals surface area (Å²) < 4.78 is 6.13. The van der Waals surface area contributed by atoms with Crippen molar-refractivity contribution in [2.45, 2.75) is 0 Å². The molecule has 0 saturated carbocycles. The fourth-order valence-electron chi connectivity index (χ4n) is 1.37. The van der Waals surface area contributed by atoms with Crippen molar-refractivity contribution in [1.82, 2.24) is 4.40 Å². The number of pyridine rings is 1. The van der Waals surface area contributed by atoms with Gasteiger partial charge in [0.05, 0.1) is 12.7 Å². The quantitative estimate of drug-likeness (QED) is 0.694. The Morgan fingerprint density at radius 3 is 3.00 bits per heavy atom. The Morgan fingerprint density at radius 1 is 1.50 bits per heavy atom. The zero-order valence-electron chi connectivity index (χ0n) is 7.60. The second-order valence-corrected chi connectivity index (χ2v) is 2.90. The third-order valence-electron chi connectivity index (χ3n) is 2.04. The minimum absolute atomic E-state index is 0.0212. The molecular weight excluding hydrogens is 182 g/mol. The number of carbonyl (C=O) groups is 1. The van der Waals surface area contributed by atoms with Crippen LogP contribution in [0.15, 0.2) is 30.5 Å². The first-order valence-electron chi connectivity index (χ1n) is 4.11. The number of esters is 1. The largest absolute Gasteiger partial charge is 0.494 e. The predicted octanol–water partition coefficient (Wildman–Crippen LogP) is 1.43. The topological polar surface area (TPSA) is 50.9 Å². The second kappa shape index (κ2) is 3.06. The van der Waals surface area contributed by atoms with Crippen molar-refractivity contribution in [3.05, 3.63) is 36.0 Å². The van der Waals surface area contributed by atoms with Crippen LogP contribution in [0.25, 0.3) is 5.52 Å². The predicted molar refractivity (Wildman–Crippen MR) is 50.4 cm³/mol. The summed E-state index contributed by atoms with van der Waals surface area (Å²) in [7, 11) is 1.31. The molecule has 2 heterocycles. The van der Waals surface area contributed by atoms with E-state index in [4.69, 9.17) is 0 Å². The van der Waals surface area contributed by atoms with E-state index in [-0.39, 0.29) is 5.88 Å². The number of hydrogen-bond donors (Lipinski definition) is 1. The highest BCUT2D eigenvalue weighted by atomic mass is 16.5. The van der Waals surface area contributed by atoms with Crippen LogP contribution >= 0.6 is 0 Å². The molecule has 0 bridgehead atoms. The van der Waals surface area contributed by atoms with Crippen LogP contribution in [0.4, 0.5) is 0 Å². The molecule has 0 aromatic carbocycles. The van der Waals surface area contributed by atoms with Crippen LogP contribution in [0.3, 0.4) is 0 Å². The summed E-state index contributed by atoms with van der Waals surface area (Å²) in [5, 5.41) is 9.54. The van der Waals surface area contributed by atoms with E-state index in [9.17, 15) is 9.90 Å². The molecule has 0 spiro atoms. The minimum atomic E-state index is -0.455. The van der Waals surface area contributed by atoms with Crippen LogP contribution in [-0.4, -0.2) is 22.6 Å². The van der Waals surface area contributed by atoms with Crippen LogP contribution in [0.1, 0.15) is 10.4 Å². The highest BCUT2D eigenvalue weighted by Crippen LogP contribution is 2.17. The van der Waals surface area contributed by atoms with E-state index in [0.29, 0.717) is 5.56 Å². The molecule has 0 aliphatic rings. The van der Waals surface area contributed by atoms with Gasteiger partial charge in [0.25, 0.3) is 0 Å². The van der Waals surface area contributed by atoms with E-state index < -0.39 is 5.97 Å². The van der Waals surface area contributed by atoms with Gasteiger partial charge in [0, 0.05) is 17.8 Å². The Hall–Kier alpha value is -1.97. The zero-order valence-corrected chi connectivity index (χ0v) is 7.60. The van der Waals surface area contributed by atoms with E-state index in [2.05, 4.69) is 4.74 Å². The summed E-state index contributed by atoms with van der Waals surface area (Å²) in [4.78, 5) is 11.2. The second-order valence-electron chi connectivity index (χ2n) is 2.90. The summed E-state index contributed by atoms with van der Waals surface area (Å²) >= 11 is 0. The maximum absolute atomic E-state index is 11.2. The number of rotatable bonds is 1. The summed E-state index contributed by atoms with van der Waals surface area (Å²) in [5.41, 5.74) is 1.10. The monoisotopic (exact) mass is 191 g/mol. The third kappa shape index (κ3) is 1.21. The minimum Gasteiger partial charge on any atom is -0.494 e. The molecule has 72 valence electrons. The van der Waals surface area contributed by atoms with E-state index in [1.165, 1.54) is 13.2 Å². The number of aromatic nitrogens is 1. The molecule has 4 heteroatoms. The molecule has 2 aromatic rings. The molecule has 0 aliphatic heterocycles. The normalized spacial score (nSPS) is 10.4. The van der Waals surface area contributed by atoms with Gasteiger partial charge in [0.1, 0.15) is 0 Å². The fourth-order valence-corrected chi connectivity index (χ4v) is 1.37. The van der Waals surface area contributed by atoms with Crippen molar-refractivity contribution in [3.8, 4) is 5.88 Å². The zero-order chi connectivity index (χ0) is 10.1. The molecule has 1 N–H and O–H groups in total. The number of ether oxygens (including phenoxy) is 1. The first-order valence-corrected chi connectivity index (χ1v) is 4.11. The number of nitrogens with zero attached hydrogens (tertiary/aromatic N) is 1. The van der Waals surface area contributed by atoms with Crippen molar-refractivity contribution in [1.29, 1.82) is 0 Å². The van der Waals surface area contributed by atoms with Gasteiger partial charge in [-0.25, -0.2) is 4.79 Å². The van der Waals surface area contributed by atoms with Crippen molar-refractivity contribution in [2.75, 3.05) is 7.11 Å². The van der Waals surface area contributed by atoms with Gasteiger partial charge in [0.2, 0.25) is 0 Å². The van der Waals surface area contributed by atoms with Crippen molar-refractivity contribution in [2.24, 2.45) is 0 Å². The summed E-state index contributed by atoms with van der Waals surface area (Å²) in [6.07, 6.45) is 1.71. The molecular formula is C10H9NO3. The molecule has 2 aromatic heterocycles. The third-order valence-corrected chi connectivity index (χ3v) is 2.04. The molecule has 0 atom stereocenters. The van der Waals surface area contributed by atoms with Gasteiger partial charge in [-0.3, -0.25) is 4.40 Å². The number of methoxy groups -OCH3 is 1. The summed E-state index contributed by atoms with van der Waals surface area (Å²) in [6.45, 7) is 0. The van der Waals surface area contributed by atoms with Gasteiger partial charge < -0.3 is 9.84 Å². The molecule has 0 saturated heterocycles. The molecule has 14 heavy (non-hydrogen) atoms. The fraction of sp³-hybridized carbons (Fsp3) is 0.100. The number of hydrogen-bond acceptors (Lipinski definition) is 3. The molecule has 0 aliphatic carbocycles. The first-order chi connectivity index (χ1) is 6.72. The van der Waals surface area contributed by atoms with Gasteiger partial charge in [-0.2, -0.15) is 0 Å². The average molecular weight is 191 g/mol. The lowest BCUT2D eigenvalue weighted by atomic mass is 10.2. The molecule has 0 unspecified atom stereocenters. The van der Waals surface area contributed by atoms with Crippen LogP contribution in [0.2, 0.25) is 0 Å². The summed E-state index contributed by atoms with van der Waals surface area (Å²) in [6, 6.07) is 6.62. The number of carbonyl (C=O) groups excluding carboxylic acids is 1. The lowest BCUT2D eigenvalue weighted by Gasteiger charge is -2.03. The lowest BCUT2D eigenvalue weighted by molar-refractivity contribution is 0.0600. The van der Waals surface area contributed by atoms with Crippen molar-refractivity contribution < 1.29 is 14.6 Å². The highest BCUT2D eigenvalue weighted by molar-refractivity contribution is 5.91. The van der Waals surface area contributed by atoms with Gasteiger partial charge in [-0.1, -0.05) is 0 Å². The molecule has 2 rings (SSSR count). The van der Waals surface area contributed by atoms with E-state index >= 15 is 0 Å². The lowest BCUT2D eigenvalue weighted by Crippen LogP contribution is -2.01.